The lowest BCUT2D eigenvalue weighted by molar-refractivity contribution is -0.137. The zero-order chi connectivity index (χ0) is 14.5. The number of hydrogen-bond donors (Lipinski definition) is 2. The van der Waals surface area contributed by atoms with Crippen molar-refractivity contribution in [3.63, 3.8) is 0 Å². The molecule has 0 fully saturated rings. The maximum absolute atomic E-state index is 11.9. The molecule has 0 aliphatic rings. The number of carbonyl (C=O) groups is 2. The third kappa shape index (κ3) is 3.67. The summed E-state index contributed by atoms with van der Waals surface area (Å²) in [6.07, 6.45) is 4.94. The summed E-state index contributed by atoms with van der Waals surface area (Å²) in [6.45, 7) is 2.14. The number of carbonyl (C=O) groups excluding carboxylic acids is 1. The summed E-state index contributed by atoms with van der Waals surface area (Å²) in [4.78, 5) is 22.5. The van der Waals surface area contributed by atoms with E-state index in [2.05, 4.69) is 15.5 Å². The van der Waals surface area contributed by atoms with Gasteiger partial charge in [-0.3, -0.25) is 19.0 Å². The second-order valence-corrected chi connectivity index (χ2v) is 4.39. The lowest BCUT2D eigenvalue weighted by Gasteiger charge is -2.12. The van der Waals surface area contributed by atoms with Crippen LogP contribution in [0, 0.1) is 0 Å². The van der Waals surface area contributed by atoms with Gasteiger partial charge in [-0.2, -0.15) is 10.2 Å². The minimum atomic E-state index is -1.01. The Bertz CT molecular complexity index is 590. The largest absolute Gasteiger partial charge is 0.480 e. The Hall–Kier alpha value is -2.64. The summed E-state index contributed by atoms with van der Waals surface area (Å²) in [5, 5.41) is 19.4. The van der Waals surface area contributed by atoms with E-state index in [1.165, 1.54) is 16.9 Å². The Morgan fingerprint density at radius 3 is 2.85 bits per heavy atom. The summed E-state index contributed by atoms with van der Waals surface area (Å²) in [5.74, 6) is -1.35. The highest BCUT2D eigenvalue weighted by atomic mass is 16.4. The zero-order valence-electron chi connectivity index (χ0n) is 10.9. The Balaban J connectivity index is 1.90. The van der Waals surface area contributed by atoms with E-state index in [-0.39, 0.29) is 24.2 Å². The molecule has 0 aliphatic carbocycles. The maximum atomic E-state index is 11.9. The molecular formula is C12H15N5O3. The van der Waals surface area contributed by atoms with E-state index in [1.807, 2.05) is 19.2 Å². The highest BCUT2D eigenvalue weighted by molar-refractivity contribution is 5.92. The molecule has 2 heterocycles. The van der Waals surface area contributed by atoms with Crippen molar-refractivity contribution in [3.8, 4) is 0 Å². The molecule has 2 aromatic heterocycles. The van der Waals surface area contributed by atoms with Gasteiger partial charge in [-0.1, -0.05) is 0 Å². The number of carboxylic acid groups (broad SMARTS) is 1. The van der Waals surface area contributed by atoms with Crippen LogP contribution >= 0.6 is 0 Å². The minimum absolute atomic E-state index is 0.118. The quantitative estimate of drug-likeness (QED) is 0.772. The predicted molar refractivity (Wildman–Crippen MR) is 69.0 cm³/mol. The lowest BCUT2D eigenvalue weighted by atomic mass is 10.3. The van der Waals surface area contributed by atoms with Gasteiger partial charge in [-0.25, -0.2) is 0 Å². The first-order valence-corrected chi connectivity index (χ1v) is 6.08. The van der Waals surface area contributed by atoms with Crippen molar-refractivity contribution in [1.29, 1.82) is 0 Å². The molecule has 106 valence electrons. The van der Waals surface area contributed by atoms with Gasteiger partial charge in [-0.05, 0) is 19.1 Å². The van der Waals surface area contributed by atoms with Crippen LogP contribution in [0.4, 0.5) is 0 Å². The Morgan fingerprint density at radius 2 is 2.20 bits per heavy atom. The van der Waals surface area contributed by atoms with E-state index in [9.17, 15) is 9.59 Å². The average Bonchev–Trinajstić information content (AvgIpc) is 2.99. The average molecular weight is 277 g/mol. The highest BCUT2D eigenvalue weighted by Crippen LogP contribution is 1.98. The maximum Gasteiger partial charge on any atom is 0.325 e. The van der Waals surface area contributed by atoms with Crippen LogP contribution in [0.5, 0.6) is 0 Å². The van der Waals surface area contributed by atoms with Crippen molar-refractivity contribution >= 4 is 11.9 Å². The number of aliphatic carboxylic acids is 1. The third-order valence-corrected chi connectivity index (χ3v) is 2.57. The molecule has 2 rings (SSSR count). The van der Waals surface area contributed by atoms with Gasteiger partial charge in [0.05, 0.1) is 6.54 Å². The third-order valence-electron chi connectivity index (χ3n) is 2.57. The summed E-state index contributed by atoms with van der Waals surface area (Å²) in [5.41, 5.74) is 0.193. The van der Waals surface area contributed by atoms with Gasteiger partial charge in [0.15, 0.2) is 0 Å². The molecule has 1 atom stereocenters. The van der Waals surface area contributed by atoms with Crippen molar-refractivity contribution in [1.82, 2.24) is 24.9 Å². The Labute approximate surface area is 115 Å². The molecule has 8 heteroatoms. The predicted octanol–water partition coefficient (Wildman–Crippen LogP) is -0.0173. The second-order valence-electron chi connectivity index (χ2n) is 4.39. The van der Waals surface area contributed by atoms with Crippen molar-refractivity contribution in [2.75, 3.05) is 0 Å². The van der Waals surface area contributed by atoms with Crippen LogP contribution in [0.1, 0.15) is 17.4 Å². The molecule has 0 saturated carbocycles. The Morgan fingerprint density at radius 1 is 1.40 bits per heavy atom. The molecule has 2 N–H and O–H groups in total. The molecule has 0 spiro atoms. The van der Waals surface area contributed by atoms with Crippen molar-refractivity contribution in [2.24, 2.45) is 0 Å². The SMILES string of the molecule is CC(Cn1cccn1)NC(=O)c1ccn(CC(=O)O)n1. The number of nitrogens with one attached hydrogen (secondary N) is 1. The van der Waals surface area contributed by atoms with Crippen LogP contribution in [0.3, 0.4) is 0 Å². The van der Waals surface area contributed by atoms with E-state index >= 15 is 0 Å². The number of rotatable bonds is 6. The first kappa shape index (κ1) is 13.8. The van der Waals surface area contributed by atoms with E-state index in [4.69, 9.17) is 5.11 Å². The molecule has 0 radical (unpaired) electrons. The van der Waals surface area contributed by atoms with Crippen LogP contribution in [-0.2, 0) is 17.9 Å². The molecule has 2 aromatic rings. The molecule has 20 heavy (non-hydrogen) atoms. The van der Waals surface area contributed by atoms with Crippen molar-refractivity contribution in [2.45, 2.75) is 26.1 Å². The van der Waals surface area contributed by atoms with Gasteiger partial charge in [0.2, 0.25) is 0 Å². The minimum Gasteiger partial charge on any atom is -0.480 e. The molecule has 0 saturated heterocycles. The van der Waals surface area contributed by atoms with Gasteiger partial charge in [0, 0.05) is 24.6 Å². The number of amides is 1. The van der Waals surface area contributed by atoms with E-state index < -0.39 is 5.97 Å². The Kier molecular flexibility index (Phi) is 4.14. The molecule has 1 unspecified atom stereocenters. The van der Waals surface area contributed by atoms with Gasteiger partial charge < -0.3 is 10.4 Å². The van der Waals surface area contributed by atoms with Gasteiger partial charge in [0.25, 0.3) is 5.91 Å². The van der Waals surface area contributed by atoms with Gasteiger partial charge >= 0.3 is 5.97 Å². The highest BCUT2D eigenvalue weighted by Gasteiger charge is 2.13. The molecule has 0 aliphatic heterocycles. The fourth-order valence-corrected chi connectivity index (χ4v) is 1.74. The molecule has 0 bridgehead atoms. The van der Waals surface area contributed by atoms with Crippen LogP contribution in [-0.4, -0.2) is 42.6 Å². The molecule has 8 nitrogen and oxygen atoms in total. The van der Waals surface area contributed by atoms with E-state index in [1.54, 1.807) is 10.9 Å². The van der Waals surface area contributed by atoms with Crippen molar-refractivity contribution in [3.05, 3.63) is 36.4 Å². The standard InChI is InChI=1S/C12H15N5O3/c1-9(7-16-5-2-4-13-16)14-12(20)10-3-6-17(15-10)8-11(18)19/h2-6,9H,7-8H2,1H3,(H,14,20)(H,18,19). The van der Waals surface area contributed by atoms with Gasteiger partial charge in [0.1, 0.15) is 12.2 Å². The topological polar surface area (TPSA) is 102 Å². The molecular weight excluding hydrogens is 262 g/mol. The first-order valence-electron chi connectivity index (χ1n) is 6.08. The van der Waals surface area contributed by atoms with Crippen LogP contribution in [0.15, 0.2) is 30.7 Å². The first-order chi connectivity index (χ1) is 9.54. The molecule has 0 aromatic carbocycles. The van der Waals surface area contributed by atoms with E-state index in [0.717, 1.165) is 0 Å². The van der Waals surface area contributed by atoms with Crippen molar-refractivity contribution < 1.29 is 14.7 Å². The number of aromatic nitrogens is 4. The fourth-order valence-electron chi connectivity index (χ4n) is 1.74. The second kappa shape index (κ2) is 6.00. The smallest absolute Gasteiger partial charge is 0.325 e. The lowest BCUT2D eigenvalue weighted by Crippen LogP contribution is -2.36. The summed E-state index contributed by atoms with van der Waals surface area (Å²) in [7, 11) is 0. The number of nitrogens with zero attached hydrogens (tertiary/aromatic N) is 4. The summed E-state index contributed by atoms with van der Waals surface area (Å²) >= 11 is 0. The van der Waals surface area contributed by atoms with Crippen LogP contribution in [0.2, 0.25) is 0 Å². The van der Waals surface area contributed by atoms with Crippen LogP contribution in [0.25, 0.3) is 0 Å². The number of hydrogen-bond acceptors (Lipinski definition) is 4. The monoisotopic (exact) mass is 277 g/mol. The normalized spacial score (nSPS) is 12.1. The van der Waals surface area contributed by atoms with Gasteiger partial charge in [-0.15, -0.1) is 0 Å². The molecule has 1 amide bonds. The fraction of sp³-hybridized carbons (Fsp3) is 0.333. The van der Waals surface area contributed by atoms with Crippen LogP contribution < -0.4 is 5.32 Å². The van der Waals surface area contributed by atoms with E-state index in [0.29, 0.717) is 6.54 Å². The summed E-state index contributed by atoms with van der Waals surface area (Å²) in [6, 6.07) is 3.17. The summed E-state index contributed by atoms with van der Waals surface area (Å²) < 4.78 is 2.92. The zero-order valence-corrected chi connectivity index (χ0v) is 10.9. The number of carboxylic acids is 1.